The average molecular weight is 284 g/mol. The van der Waals surface area contributed by atoms with Gasteiger partial charge in [-0.2, -0.15) is 0 Å². The van der Waals surface area contributed by atoms with E-state index in [0.29, 0.717) is 6.04 Å². The number of hydrogen-bond donors (Lipinski definition) is 1. The van der Waals surface area contributed by atoms with Crippen LogP contribution in [0.4, 0.5) is 0 Å². The highest BCUT2D eigenvalue weighted by molar-refractivity contribution is 5.84. The molecule has 1 aromatic carbocycles. The summed E-state index contributed by atoms with van der Waals surface area (Å²) in [7, 11) is 4.43. The van der Waals surface area contributed by atoms with Gasteiger partial charge in [-0.15, -0.1) is 0 Å². The first-order valence-corrected chi connectivity index (χ1v) is 7.65. The Morgan fingerprint density at radius 2 is 2.14 bits per heavy atom. The van der Waals surface area contributed by atoms with E-state index in [1.807, 2.05) is 12.4 Å². The Morgan fingerprint density at radius 3 is 3.05 bits per heavy atom. The summed E-state index contributed by atoms with van der Waals surface area (Å²) in [5.41, 5.74) is 1.35. The van der Waals surface area contributed by atoms with Crippen molar-refractivity contribution < 1.29 is 0 Å². The Kier molecular flexibility index (Phi) is 4.48. The number of piperazine rings is 1. The summed E-state index contributed by atoms with van der Waals surface area (Å²) >= 11 is 0. The van der Waals surface area contributed by atoms with E-state index >= 15 is 0 Å². The van der Waals surface area contributed by atoms with Crippen molar-refractivity contribution in [2.75, 3.05) is 40.3 Å². The van der Waals surface area contributed by atoms with Crippen LogP contribution in [0.5, 0.6) is 0 Å². The van der Waals surface area contributed by atoms with E-state index in [9.17, 15) is 0 Å². The van der Waals surface area contributed by atoms with Crippen molar-refractivity contribution in [2.45, 2.75) is 12.6 Å². The van der Waals surface area contributed by atoms with Crippen molar-refractivity contribution >= 4 is 10.8 Å². The number of aromatic nitrogens is 1. The fourth-order valence-electron chi connectivity index (χ4n) is 3.04. The van der Waals surface area contributed by atoms with Crippen molar-refractivity contribution in [3.63, 3.8) is 0 Å². The minimum Gasteiger partial charge on any atom is -0.311 e. The van der Waals surface area contributed by atoms with Gasteiger partial charge in [0.05, 0.1) is 0 Å². The van der Waals surface area contributed by atoms with Gasteiger partial charge < -0.3 is 10.2 Å². The van der Waals surface area contributed by atoms with E-state index in [4.69, 9.17) is 0 Å². The van der Waals surface area contributed by atoms with Gasteiger partial charge in [-0.25, -0.2) is 0 Å². The second-order valence-corrected chi connectivity index (χ2v) is 6.04. The Labute approximate surface area is 126 Å². The summed E-state index contributed by atoms with van der Waals surface area (Å²) in [6.07, 6.45) is 3.80. The van der Waals surface area contributed by atoms with E-state index in [1.165, 1.54) is 22.9 Å². The molecule has 0 aliphatic carbocycles. The third kappa shape index (κ3) is 3.40. The fourth-order valence-corrected chi connectivity index (χ4v) is 3.04. The van der Waals surface area contributed by atoms with Gasteiger partial charge >= 0.3 is 0 Å². The van der Waals surface area contributed by atoms with E-state index in [0.717, 1.165) is 26.2 Å². The topological polar surface area (TPSA) is 31.4 Å². The third-order valence-electron chi connectivity index (χ3n) is 4.45. The van der Waals surface area contributed by atoms with Crippen LogP contribution in [0, 0.1) is 0 Å². The molecule has 0 spiro atoms. The third-order valence-corrected chi connectivity index (χ3v) is 4.45. The van der Waals surface area contributed by atoms with E-state index in [1.54, 1.807) is 0 Å². The van der Waals surface area contributed by atoms with Crippen LogP contribution >= 0.6 is 0 Å². The summed E-state index contributed by atoms with van der Waals surface area (Å²) in [6.45, 7) is 5.41. The number of pyridine rings is 1. The molecule has 1 aromatic heterocycles. The number of nitrogens with one attached hydrogen (secondary N) is 1. The van der Waals surface area contributed by atoms with Gasteiger partial charge in [0.15, 0.2) is 0 Å². The number of fused-ring (bicyclic) bond motifs is 1. The SMILES string of the molecule is CN1CCN(C)C(CNCc2cccc3cnccc23)C1. The molecule has 1 fully saturated rings. The van der Waals surface area contributed by atoms with Gasteiger partial charge in [0.25, 0.3) is 0 Å². The summed E-state index contributed by atoms with van der Waals surface area (Å²) in [4.78, 5) is 9.06. The molecule has 4 nitrogen and oxygen atoms in total. The van der Waals surface area contributed by atoms with Gasteiger partial charge in [-0.05, 0) is 31.1 Å². The molecule has 2 aromatic rings. The van der Waals surface area contributed by atoms with Crippen molar-refractivity contribution in [2.24, 2.45) is 0 Å². The molecular weight excluding hydrogens is 260 g/mol. The van der Waals surface area contributed by atoms with Crippen LogP contribution in [0.3, 0.4) is 0 Å². The van der Waals surface area contributed by atoms with Gasteiger partial charge in [0.1, 0.15) is 0 Å². The molecule has 1 aliphatic rings. The first-order chi connectivity index (χ1) is 10.2. The number of likely N-dealkylation sites (N-methyl/N-ethyl adjacent to an activating group) is 2. The highest BCUT2D eigenvalue weighted by Crippen LogP contribution is 2.17. The highest BCUT2D eigenvalue weighted by Gasteiger charge is 2.21. The lowest BCUT2D eigenvalue weighted by Crippen LogP contribution is -2.53. The van der Waals surface area contributed by atoms with Crippen LogP contribution in [0.15, 0.2) is 36.7 Å². The maximum Gasteiger partial charge on any atom is 0.0346 e. The first-order valence-electron chi connectivity index (χ1n) is 7.65. The summed E-state index contributed by atoms with van der Waals surface area (Å²) in [5, 5.41) is 6.14. The number of rotatable bonds is 4. The maximum atomic E-state index is 4.19. The van der Waals surface area contributed by atoms with Crippen molar-refractivity contribution in [3.8, 4) is 0 Å². The lowest BCUT2D eigenvalue weighted by Gasteiger charge is -2.37. The molecule has 1 aliphatic heterocycles. The Bertz CT molecular complexity index is 593. The highest BCUT2D eigenvalue weighted by atomic mass is 15.3. The lowest BCUT2D eigenvalue weighted by atomic mass is 10.1. The quantitative estimate of drug-likeness (QED) is 0.923. The predicted molar refractivity (Wildman–Crippen MR) is 87.4 cm³/mol. The average Bonchev–Trinajstić information content (AvgIpc) is 2.51. The van der Waals surface area contributed by atoms with Crippen LogP contribution < -0.4 is 5.32 Å². The molecule has 1 unspecified atom stereocenters. The van der Waals surface area contributed by atoms with Crippen molar-refractivity contribution in [3.05, 3.63) is 42.2 Å². The molecule has 3 rings (SSSR count). The molecule has 0 amide bonds. The van der Waals surface area contributed by atoms with Gasteiger partial charge in [-0.1, -0.05) is 18.2 Å². The molecule has 4 heteroatoms. The molecule has 1 N–H and O–H groups in total. The van der Waals surface area contributed by atoms with Gasteiger partial charge in [0, 0.05) is 56.5 Å². The molecule has 1 saturated heterocycles. The van der Waals surface area contributed by atoms with Crippen LogP contribution in [0.25, 0.3) is 10.8 Å². The first kappa shape index (κ1) is 14.4. The molecule has 0 bridgehead atoms. The number of benzene rings is 1. The minimum atomic E-state index is 0.598. The van der Waals surface area contributed by atoms with Crippen LogP contribution in [0.2, 0.25) is 0 Å². The predicted octanol–water partition coefficient (Wildman–Crippen LogP) is 1.57. The van der Waals surface area contributed by atoms with E-state index in [2.05, 4.69) is 58.5 Å². The monoisotopic (exact) mass is 284 g/mol. The largest absolute Gasteiger partial charge is 0.311 e. The molecule has 21 heavy (non-hydrogen) atoms. The molecule has 1 atom stereocenters. The van der Waals surface area contributed by atoms with Crippen LogP contribution in [-0.4, -0.2) is 61.1 Å². The van der Waals surface area contributed by atoms with Gasteiger partial charge in [0.2, 0.25) is 0 Å². The summed E-state index contributed by atoms with van der Waals surface area (Å²) in [6, 6.07) is 9.14. The van der Waals surface area contributed by atoms with E-state index < -0.39 is 0 Å². The Hall–Kier alpha value is -1.49. The molecule has 2 heterocycles. The zero-order chi connectivity index (χ0) is 14.7. The number of hydrogen-bond acceptors (Lipinski definition) is 4. The standard InChI is InChI=1S/C17H24N4/c1-20-8-9-21(2)16(13-20)12-19-11-15-5-3-4-14-10-18-7-6-17(14)15/h3-7,10,16,19H,8-9,11-13H2,1-2H3. The zero-order valence-corrected chi connectivity index (χ0v) is 12.9. The molecular formula is C17H24N4. The maximum absolute atomic E-state index is 4.19. The minimum absolute atomic E-state index is 0.598. The van der Waals surface area contributed by atoms with Gasteiger partial charge in [-0.3, -0.25) is 9.88 Å². The van der Waals surface area contributed by atoms with Crippen LogP contribution in [0.1, 0.15) is 5.56 Å². The molecule has 0 radical (unpaired) electrons. The second kappa shape index (κ2) is 6.52. The second-order valence-electron chi connectivity index (χ2n) is 6.04. The smallest absolute Gasteiger partial charge is 0.0346 e. The summed E-state index contributed by atoms with van der Waals surface area (Å²) in [5.74, 6) is 0. The Morgan fingerprint density at radius 1 is 1.24 bits per heavy atom. The zero-order valence-electron chi connectivity index (χ0n) is 12.9. The molecule has 112 valence electrons. The lowest BCUT2D eigenvalue weighted by molar-refractivity contribution is 0.113. The van der Waals surface area contributed by atoms with Crippen molar-refractivity contribution in [1.82, 2.24) is 20.1 Å². The van der Waals surface area contributed by atoms with Crippen LogP contribution in [-0.2, 0) is 6.54 Å². The summed E-state index contributed by atoms with van der Waals surface area (Å²) < 4.78 is 0. The number of nitrogens with zero attached hydrogens (tertiary/aromatic N) is 3. The van der Waals surface area contributed by atoms with Crippen molar-refractivity contribution in [1.29, 1.82) is 0 Å². The molecule has 0 saturated carbocycles. The van der Waals surface area contributed by atoms with E-state index in [-0.39, 0.29) is 0 Å². The normalized spacial score (nSPS) is 21.0. The fraction of sp³-hybridized carbons (Fsp3) is 0.471. The Balaban J connectivity index is 1.62.